The number of halogens is 1. The number of methoxy groups -OCH3 is 1. The quantitative estimate of drug-likeness (QED) is 0.809. The summed E-state index contributed by atoms with van der Waals surface area (Å²) in [6, 6.07) is 11.0. The van der Waals surface area contributed by atoms with Crippen molar-refractivity contribution in [2.24, 2.45) is 5.92 Å². The SMILES string of the molecule is COc1ccc(Oc2cc(CNC(=O)C3CCNCC3)ccn2)cc1.Cl. The second kappa shape index (κ2) is 9.99. The van der Waals surface area contributed by atoms with Gasteiger partial charge >= 0.3 is 0 Å². The number of nitrogens with one attached hydrogen (secondary N) is 2. The number of ether oxygens (including phenoxy) is 2. The Hall–Kier alpha value is -2.31. The number of benzene rings is 1. The van der Waals surface area contributed by atoms with Crippen molar-refractivity contribution >= 4 is 18.3 Å². The molecule has 0 unspecified atom stereocenters. The zero-order valence-electron chi connectivity index (χ0n) is 14.7. The number of hydrogen-bond acceptors (Lipinski definition) is 5. The molecule has 2 heterocycles. The van der Waals surface area contributed by atoms with Crippen LogP contribution in [0.2, 0.25) is 0 Å². The van der Waals surface area contributed by atoms with Crippen molar-refractivity contribution < 1.29 is 14.3 Å². The minimum absolute atomic E-state index is 0. The number of hydrogen-bond donors (Lipinski definition) is 2. The first-order chi connectivity index (χ1) is 12.2. The number of pyridine rings is 1. The lowest BCUT2D eigenvalue weighted by atomic mass is 9.97. The van der Waals surface area contributed by atoms with Crippen molar-refractivity contribution in [1.29, 1.82) is 0 Å². The van der Waals surface area contributed by atoms with Crippen LogP contribution in [0.3, 0.4) is 0 Å². The number of amides is 1. The van der Waals surface area contributed by atoms with Gasteiger partial charge in [0.15, 0.2) is 0 Å². The molecule has 2 N–H and O–H groups in total. The van der Waals surface area contributed by atoms with Gasteiger partial charge in [0.25, 0.3) is 0 Å². The van der Waals surface area contributed by atoms with E-state index in [0.29, 0.717) is 18.2 Å². The zero-order valence-corrected chi connectivity index (χ0v) is 15.6. The predicted molar refractivity (Wildman–Crippen MR) is 102 cm³/mol. The summed E-state index contributed by atoms with van der Waals surface area (Å²) in [7, 11) is 1.62. The highest BCUT2D eigenvalue weighted by Gasteiger charge is 2.20. The van der Waals surface area contributed by atoms with Gasteiger partial charge in [-0.1, -0.05) is 0 Å². The number of piperidine rings is 1. The normalized spacial score (nSPS) is 14.2. The number of nitrogens with zero attached hydrogens (tertiary/aromatic N) is 1. The maximum Gasteiger partial charge on any atom is 0.223 e. The third-order valence-corrected chi connectivity index (χ3v) is 4.26. The molecule has 7 heteroatoms. The van der Waals surface area contributed by atoms with Crippen molar-refractivity contribution in [1.82, 2.24) is 15.6 Å². The summed E-state index contributed by atoms with van der Waals surface area (Å²) in [6.45, 7) is 2.30. The molecule has 140 valence electrons. The molecule has 6 nitrogen and oxygen atoms in total. The van der Waals surface area contributed by atoms with Crippen LogP contribution in [0, 0.1) is 5.92 Å². The maximum atomic E-state index is 12.2. The molecule has 3 rings (SSSR count). The lowest BCUT2D eigenvalue weighted by Crippen LogP contribution is -2.37. The Morgan fingerprint density at radius 1 is 1.19 bits per heavy atom. The van der Waals surface area contributed by atoms with Gasteiger partial charge in [0.05, 0.1) is 7.11 Å². The highest BCUT2D eigenvalue weighted by Crippen LogP contribution is 2.22. The van der Waals surface area contributed by atoms with Crippen LogP contribution in [-0.4, -0.2) is 31.1 Å². The van der Waals surface area contributed by atoms with E-state index in [1.807, 2.05) is 36.4 Å². The number of carbonyl (C=O) groups excluding carboxylic acids is 1. The Labute approximate surface area is 159 Å². The fraction of sp³-hybridized carbons (Fsp3) is 0.368. The van der Waals surface area contributed by atoms with Crippen LogP contribution in [0.15, 0.2) is 42.6 Å². The van der Waals surface area contributed by atoms with E-state index in [1.54, 1.807) is 13.3 Å². The molecule has 1 aromatic heterocycles. The summed E-state index contributed by atoms with van der Waals surface area (Å²) in [5, 5.41) is 6.28. The zero-order chi connectivity index (χ0) is 17.5. The van der Waals surface area contributed by atoms with Gasteiger partial charge < -0.3 is 20.1 Å². The summed E-state index contributed by atoms with van der Waals surface area (Å²) in [4.78, 5) is 16.4. The summed E-state index contributed by atoms with van der Waals surface area (Å²) >= 11 is 0. The minimum atomic E-state index is 0. The van der Waals surface area contributed by atoms with Crippen LogP contribution in [-0.2, 0) is 11.3 Å². The van der Waals surface area contributed by atoms with E-state index in [1.165, 1.54) is 0 Å². The lowest BCUT2D eigenvalue weighted by molar-refractivity contribution is -0.125. The van der Waals surface area contributed by atoms with Crippen LogP contribution < -0.4 is 20.1 Å². The molecule has 0 radical (unpaired) electrons. The topological polar surface area (TPSA) is 72.5 Å². The first-order valence-electron chi connectivity index (χ1n) is 8.50. The first-order valence-corrected chi connectivity index (χ1v) is 8.50. The molecule has 1 aliphatic rings. The van der Waals surface area contributed by atoms with E-state index < -0.39 is 0 Å². The van der Waals surface area contributed by atoms with Gasteiger partial charge in [-0.25, -0.2) is 4.98 Å². The van der Waals surface area contributed by atoms with Gasteiger partial charge in [-0.15, -0.1) is 12.4 Å². The van der Waals surface area contributed by atoms with Crippen LogP contribution >= 0.6 is 12.4 Å². The Bertz CT molecular complexity index is 703. The highest BCUT2D eigenvalue weighted by atomic mass is 35.5. The molecule has 1 fully saturated rings. The monoisotopic (exact) mass is 377 g/mol. The molecule has 1 amide bonds. The molecule has 0 aliphatic carbocycles. The van der Waals surface area contributed by atoms with E-state index >= 15 is 0 Å². The molecule has 0 bridgehead atoms. The Kier molecular flexibility index (Phi) is 7.69. The van der Waals surface area contributed by atoms with Gasteiger partial charge in [0.2, 0.25) is 11.8 Å². The average molecular weight is 378 g/mol. The standard InChI is InChI=1S/C19H23N3O3.ClH/c1-24-16-2-4-17(5-3-16)25-18-12-14(6-11-21-18)13-22-19(23)15-7-9-20-10-8-15;/h2-6,11-12,15,20H,7-10,13H2,1H3,(H,22,23);1H. The smallest absolute Gasteiger partial charge is 0.223 e. The summed E-state index contributed by atoms with van der Waals surface area (Å²) < 4.78 is 10.9. The maximum absolute atomic E-state index is 12.2. The lowest BCUT2D eigenvalue weighted by Gasteiger charge is -2.21. The molecular formula is C19H24ClN3O3. The Balaban J connectivity index is 0.00000243. The fourth-order valence-electron chi connectivity index (χ4n) is 2.80. The highest BCUT2D eigenvalue weighted by molar-refractivity contribution is 5.85. The third kappa shape index (κ3) is 5.61. The summed E-state index contributed by atoms with van der Waals surface area (Å²) in [5.41, 5.74) is 0.959. The average Bonchev–Trinajstić information content (AvgIpc) is 2.68. The molecule has 1 saturated heterocycles. The minimum Gasteiger partial charge on any atom is -0.497 e. The molecule has 2 aromatic rings. The number of carbonyl (C=O) groups is 1. The van der Waals surface area contributed by atoms with Crippen molar-refractivity contribution in [3.8, 4) is 17.4 Å². The summed E-state index contributed by atoms with van der Waals surface area (Å²) in [5.74, 6) is 2.19. The molecule has 0 saturated carbocycles. The van der Waals surface area contributed by atoms with E-state index in [0.717, 1.165) is 37.2 Å². The predicted octanol–water partition coefficient (Wildman–Crippen LogP) is 2.92. The van der Waals surface area contributed by atoms with Crippen LogP contribution in [0.1, 0.15) is 18.4 Å². The van der Waals surface area contributed by atoms with Crippen LogP contribution in [0.5, 0.6) is 17.4 Å². The largest absolute Gasteiger partial charge is 0.497 e. The molecular weight excluding hydrogens is 354 g/mol. The molecule has 1 aliphatic heterocycles. The van der Waals surface area contributed by atoms with Crippen molar-refractivity contribution in [2.45, 2.75) is 19.4 Å². The first kappa shape index (κ1) is 20.0. The van der Waals surface area contributed by atoms with Gasteiger partial charge in [0, 0.05) is 24.7 Å². The Morgan fingerprint density at radius 3 is 2.58 bits per heavy atom. The van der Waals surface area contributed by atoms with E-state index in [9.17, 15) is 4.79 Å². The second-order valence-electron chi connectivity index (χ2n) is 6.02. The molecule has 1 aromatic carbocycles. The van der Waals surface area contributed by atoms with Crippen LogP contribution in [0.4, 0.5) is 0 Å². The fourth-order valence-corrected chi connectivity index (χ4v) is 2.80. The molecule has 26 heavy (non-hydrogen) atoms. The van der Waals surface area contributed by atoms with Crippen molar-refractivity contribution in [3.63, 3.8) is 0 Å². The third-order valence-electron chi connectivity index (χ3n) is 4.26. The molecule has 0 spiro atoms. The van der Waals surface area contributed by atoms with E-state index in [2.05, 4.69) is 15.6 Å². The van der Waals surface area contributed by atoms with E-state index in [4.69, 9.17) is 9.47 Å². The summed E-state index contributed by atoms with van der Waals surface area (Å²) in [6.07, 6.45) is 3.48. The second-order valence-corrected chi connectivity index (χ2v) is 6.02. The van der Waals surface area contributed by atoms with Crippen molar-refractivity contribution in [3.05, 3.63) is 48.2 Å². The van der Waals surface area contributed by atoms with Gasteiger partial charge in [-0.2, -0.15) is 0 Å². The van der Waals surface area contributed by atoms with Gasteiger partial charge in [-0.05, 0) is 61.8 Å². The Morgan fingerprint density at radius 2 is 1.88 bits per heavy atom. The number of aromatic nitrogens is 1. The van der Waals surface area contributed by atoms with Gasteiger partial charge in [0.1, 0.15) is 11.5 Å². The van der Waals surface area contributed by atoms with Crippen molar-refractivity contribution in [2.75, 3.05) is 20.2 Å². The molecule has 0 atom stereocenters. The van der Waals surface area contributed by atoms with E-state index in [-0.39, 0.29) is 24.2 Å². The van der Waals surface area contributed by atoms with Gasteiger partial charge in [-0.3, -0.25) is 4.79 Å². The van der Waals surface area contributed by atoms with Crippen LogP contribution in [0.25, 0.3) is 0 Å². The number of rotatable bonds is 6.